The highest BCUT2D eigenvalue weighted by molar-refractivity contribution is 6.20. The first-order valence-corrected chi connectivity index (χ1v) is 7.13. The van der Waals surface area contributed by atoms with Crippen LogP contribution in [0.5, 0.6) is 0 Å². The second-order valence-electron chi connectivity index (χ2n) is 6.31. The van der Waals surface area contributed by atoms with Crippen molar-refractivity contribution in [2.24, 2.45) is 5.41 Å². The molecule has 1 aromatic rings. The molecule has 0 spiro atoms. The Bertz CT molecular complexity index is 655. The van der Waals surface area contributed by atoms with Crippen molar-refractivity contribution in [1.29, 1.82) is 0 Å². The lowest BCUT2D eigenvalue weighted by Gasteiger charge is -2.22. The molecule has 1 unspecified atom stereocenters. The van der Waals surface area contributed by atoms with Gasteiger partial charge < -0.3 is 10.2 Å². The average molecular weight is 318 g/mol. The number of amides is 3. The Labute approximate surface area is 133 Å². The summed E-state index contributed by atoms with van der Waals surface area (Å²) >= 11 is 0. The molecule has 2 rings (SSSR count). The number of rotatable bonds is 3. The zero-order valence-corrected chi connectivity index (χ0v) is 13.4. The van der Waals surface area contributed by atoms with E-state index < -0.39 is 29.2 Å². The van der Waals surface area contributed by atoms with Gasteiger partial charge in [-0.15, -0.1) is 0 Å². The van der Waals surface area contributed by atoms with E-state index in [0.29, 0.717) is 5.06 Å². The van der Waals surface area contributed by atoms with Gasteiger partial charge in [0.1, 0.15) is 6.04 Å². The molecular formula is C16H18N2O5. The molecule has 0 saturated heterocycles. The van der Waals surface area contributed by atoms with Crippen molar-refractivity contribution in [3.8, 4) is 0 Å². The lowest BCUT2D eigenvalue weighted by atomic mass is 9.95. The second kappa shape index (κ2) is 5.83. The van der Waals surface area contributed by atoms with Gasteiger partial charge in [0.15, 0.2) is 0 Å². The average Bonchev–Trinajstić information content (AvgIpc) is 2.71. The SMILES string of the molecule is CC(NC(=O)C(C)(C)C)C(=O)ON1C(=O)c2ccccc2C1=O. The van der Waals surface area contributed by atoms with Crippen LogP contribution in [0.25, 0.3) is 0 Å². The van der Waals surface area contributed by atoms with Gasteiger partial charge in [-0.2, -0.15) is 0 Å². The summed E-state index contributed by atoms with van der Waals surface area (Å²) in [5.41, 5.74) is -0.322. The van der Waals surface area contributed by atoms with Crippen molar-refractivity contribution in [2.75, 3.05) is 0 Å². The standard InChI is InChI=1S/C16H18N2O5/c1-9(17-15(22)16(2,3)4)14(21)23-18-12(19)10-7-5-6-8-11(10)13(18)20/h5-9H,1-4H3,(H,17,22). The van der Waals surface area contributed by atoms with Crippen LogP contribution in [-0.2, 0) is 14.4 Å². The second-order valence-corrected chi connectivity index (χ2v) is 6.31. The lowest BCUT2D eigenvalue weighted by molar-refractivity contribution is -0.171. The van der Waals surface area contributed by atoms with Gasteiger partial charge in [0.25, 0.3) is 11.8 Å². The summed E-state index contributed by atoms with van der Waals surface area (Å²) in [6.07, 6.45) is 0. The topological polar surface area (TPSA) is 92.8 Å². The van der Waals surface area contributed by atoms with Crippen LogP contribution in [0.1, 0.15) is 48.4 Å². The van der Waals surface area contributed by atoms with E-state index >= 15 is 0 Å². The molecule has 1 heterocycles. The molecule has 3 amide bonds. The third kappa shape index (κ3) is 3.23. The third-order valence-corrected chi connectivity index (χ3v) is 3.32. The Hall–Kier alpha value is -2.70. The van der Waals surface area contributed by atoms with Crippen molar-refractivity contribution >= 4 is 23.7 Å². The fourth-order valence-electron chi connectivity index (χ4n) is 1.89. The predicted molar refractivity (Wildman–Crippen MR) is 80.1 cm³/mol. The highest BCUT2D eigenvalue weighted by Gasteiger charge is 2.39. The summed E-state index contributed by atoms with van der Waals surface area (Å²) in [4.78, 5) is 52.9. The number of imide groups is 1. The molecule has 7 nitrogen and oxygen atoms in total. The van der Waals surface area contributed by atoms with Crippen LogP contribution < -0.4 is 5.32 Å². The molecule has 7 heteroatoms. The Kier molecular flexibility index (Phi) is 4.22. The monoisotopic (exact) mass is 318 g/mol. The number of hydroxylamine groups is 2. The smallest absolute Gasteiger partial charge is 0.342 e. The number of carbonyl (C=O) groups excluding carboxylic acids is 4. The van der Waals surface area contributed by atoms with Gasteiger partial charge in [0, 0.05) is 5.41 Å². The maximum Gasteiger partial charge on any atom is 0.354 e. The minimum absolute atomic E-state index is 0.177. The quantitative estimate of drug-likeness (QED) is 0.848. The fraction of sp³-hybridized carbons (Fsp3) is 0.375. The minimum Gasteiger partial charge on any atom is -0.342 e. The molecule has 1 aliphatic rings. The molecule has 122 valence electrons. The normalized spacial score (nSPS) is 15.2. The number of hydrogen-bond acceptors (Lipinski definition) is 5. The van der Waals surface area contributed by atoms with Crippen LogP contribution >= 0.6 is 0 Å². The van der Waals surface area contributed by atoms with Crippen LogP contribution in [0.2, 0.25) is 0 Å². The van der Waals surface area contributed by atoms with Gasteiger partial charge in [0.05, 0.1) is 11.1 Å². The summed E-state index contributed by atoms with van der Waals surface area (Å²) in [6, 6.07) is 5.19. The number of fused-ring (bicyclic) bond motifs is 1. The van der Waals surface area contributed by atoms with Gasteiger partial charge in [0.2, 0.25) is 5.91 Å². The fourth-order valence-corrected chi connectivity index (χ4v) is 1.89. The van der Waals surface area contributed by atoms with Gasteiger partial charge >= 0.3 is 5.97 Å². The molecule has 0 aromatic heterocycles. The van der Waals surface area contributed by atoms with E-state index in [9.17, 15) is 19.2 Å². The van der Waals surface area contributed by atoms with Crippen LogP contribution in [0, 0.1) is 5.41 Å². The van der Waals surface area contributed by atoms with E-state index in [2.05, 4.69) is 5.32 Å². The van der Waals surface area contributed by atoms with E-state index in [1.807, 2.05) is 0 Å². The van der Waals surface area contributed by atoms with Crippen molar-refractivity contribution in [2.45, 2.75) is 33.7 Å². The molecule has 1 N–H and O–H groups in total. The predicted octanol–water partition coefficient (Wildman–Crippen LogP) is 1.29. The number of nitrogens with zero attached hydrogens (tertiary/aromatic N) is 1. The largest absolute Gasteiger partial charge is 0.354 e. The Morgan fingerprint density at radius 2 is 1.57 bits per heavy atom. The van der Waals surface area contributed by atoms with E-state index in [1.165, 1.54) is 19.1 Å². The maximum absolute atomic E-state index is 12.1. The molecule has 1 atom stereocenters. The highest BCUT2D eigenvalue weighted by atomic mass is 16.7. The third-order valence-electron chi connectivity index (χ3n) is 3.32. The van der Waals surface area contributed by atoms with E-state index in [4.69, 9.17) is 4.84 Å². The Balaban J connectivity index is 2.06. The first-order valence-electron chi connectivity index (χ1n) is 7.13. The van der Waals surface area contributed by atoms with Gasteiger partial charge in [-0.3, -0.25) is 14.4 Å². The Morgan fingerprint density at radius 1 is 1.09 bits per heavy atom. The molecule has 1 aromatic carbocycles. The molecule has 0 bridgehead atoms. The van der Waals surface area contributed by atoms with Gasteiger partial charge in [-0.05, 0) is 19.1 Å². The Morgan fingerprint density at radius 3 is 2.00 bits per heavy atom. The first kappa shape index (κ1) is 16.7. The molecule has 0 fully saturated rings. The van der Waals surface area contributed by atoms with Crippen molar-refractivity contribution < 1.29 is 24.0 Å². The summed E-state index contributed by atoms with van der Waals surface area (Å²) in [5, 5.41) is 2.91. The van der Waals surface area contributed by atoms with E-state index in [1.54, 1.807) is 32.9 Å². The van der Waals surface area contributed by atoms with Crippen LogP contribution in [0.3, 0.4) is 0 Å². The number of hydrogen-bond donors (Lipinski definition) is 1. The molecule has 0 aliphatic carbocycles. The van der Waals surface area contributed by atoms with Crippen molar-refractivity contribution in [3.05, 3.63) is 35.4 Å². The minimum atomic E-state index is -0.994. The van der Waals surface area contributed by atoms with Crippen molar-refractivity contribution in [3.63, 3.8) is 0 Å². The lowest BCUT2D eigenvalue weighted by Crippen LogP contribution is -2.47. The van der Waals surface area contributed by atoms with Crippen LogP contribution in [0.15, 0.2) is 24.3 Å². The number of carbonyl (C=O) groups is 4. The molecule has 0 radical (unpaired) electrons. The first-order chi connectivity index (χ1) is 10.6. The maximum atomic E-state index is 12.1. The highest BCUT2D eigenvalue weighted by Crippen LogP contribution is 2.23. The van der Waals surface area contributed by atoms with Gasteiger partial charge in [-0.25, -0.2) is 4.79 Å². The van der Waals surface area contributed by atoms with Crippen molar-refractivity contribution in [1.82, 2.24) is 10.4 Å². The van der Waals surface area contributed by atoms with E-state index in [0.717, 1.165) is 0 Å². The number of benzene rings is 1. The molecule has 1 aliphatic heterocycles. The molecule has 0 saturated carbocycles. The summed E-state index contributed by atoms with van der Waals surface area (Å²) in [7, 11) is 0. The summed E-state index contributed by atoms with van der Waals surface area (Å²) in [6.45, 7) is 6.52. The van der Waals surface area contributed by atoms with E-state index in [-0.39, 0.29) is 17.0 Å². The van der Waals surface area contributed by atoms with Crippen LogP contribution in [-0.4, -0.2) is 34.8 Å². The zero-order valence-electron chi connectivity index (χ0n) is 13.4. The summed E-state index contributed by atoms with van der Waals surface area (Å²) < 4.78 is 0. The molecule has 23 heavy (non-hydrogen) atoms. The van der Waals surface area contributed by atoms with Gasteiger partial charge in [-0.1, -0.05) is 38.0 Å². The van der Waals surface area contributed by atoms with Crippen LogP contribution in [0.4, 0.5) is 0 Å². The summed E-state index contributed by atoms with van der Waals surface area (Å²) in [5.74, 6) is -2.64. The zero-order chi connectivity index (χ0) is 17.4. The number of nitrogens with one attached hydrogen (secondary N) is 1. The molecular weight excluding hydrogens is 300 g/mol.